The van der Waals surface area contributed by atoms with Gasteiger partial charge in [-0.3, -0.25) is 0 Å². The molecule has 1 unspecified atom stereocenters. The number of carbonyl (C=O) groups excluding carboxylic acids is 1. The molecular weight excluding hydrogens is 248 g/mol. The molecule has 1 aromatic heterocycles. The van der Waals surface area contributed by atoms with Gasteiger partial charge in [0.15, 0.2) is 0 Å². The van der Waals surface area contributed by atoms with Crippen LogP contribution in [0.25, 0.3) is 0 Å². The van der Waals surface area contributed by atoms with Crippen molar-refractivity contribution in [3.8, 4) is 17.9 Å². The maximum absolute atomic E-state index is 11.3. The van der Waals surface area contributed by atoms with Gasteiger partial charge in [0.05, 0.1) is 0 Å². The number of hydrogen-bond donors (Lipinski definition) is 2. The summed E-state index contributed by atoms with van der Waals surface area (Å²) in [6.07, 6.45) is 6.28. The third kappa shape index (κ3) is 3.53. The predicted molar refractivity (Wildman–Crippen MR) is 63.5 cm³/mol. The van der Waals surface area contributed by atoms with E-state index in [4.69, 9.17) is 11.0 Å². The van der Waals surface area contributed by atoms with Crippen LogP contribution in [0.15, 0.2) is 12.1 Å². The number of aromatic nitrogens is 1. The van der Waals surface area contributed by atoms with Crippen LogP contribution in [0.2, 0.25) is 0 Å². The molecule has 7 heteroatoms. The molecule has 86 valence electrons. The summed E-state index contributed by atoms with van der Waals surface area (Å²) in [6, 6.07) is 2.46. The molecule has 0 bridgehead atoms. The second-order valence-corrected chi connectivity index (χ2v) is 7.79. The topological polar surface area (TPSA) is 71.7 Å². The summed E-state index contributed by atoms with van der Waals surface area (Å²) < 4.78 is 0.681. The quantitative estimate of drug-likeness (QED) is 0.810. The molecule has 5 nitrogen and oxygen atoms in total. The Hall–Kier alpha value is -1.01. The maximum atomic E-state index is 11.3. The molecule has 1 aromatic rings. The number of aromatic hydroxyl groups is 2. The van der Waals surface area contributed by atoms with E-state index >= 15 is 0 Å². The van der Waals surface area contributed by atoms with Crippen molar-refractivity contribution in [3.63, 3.8) is 0 Å². The number of rotatable bonds is 4. The summed E-state index contributed by atoms with van der Waals surface area (Å²) in [6.45, 7) is 1.98. The second-order valence-electron chi connectivity index (χ2n) is 3.05. The normalized spacial score (nSPS) is 12.0. The van der Waals surface area contributed by atoms with Crippen molar-refractivity contribution >= 4 is 21.3 Å². The number of carbonyl (C=O) groups is 1. The first kappa shape index (κ1) is 13.1. The van der Waals surface area contributed by atoms with Gasteiger partial charge < -0.3 is 0 Å². The van der Waals surface area contributed by atoms with Gasteiger partial charge in [-0.2, -0.15) is 0 Å². The van der Waals surface area contributed by atoms with Crippen LogP contribution >= 0.6 is 15.3 Å². The van der Waals surface area contributed by atoms with Crippen molar-refractivity contribution in [1.82, 2.24) is 4.73 Å². The van der Waals surface area contributed by atoms with Gasteiger partial charge in [-0.15, -0.1) is 0 Å². The van der Waals surface area contributed by atoms with Gasteiger partial charge >= 0.3 is 95.1 Å². The van der Waals surface area contributed by atoms with Gasteiger partial charge in [0.1, 0.15) is 0 Å². The molecule has 0 aliphatic carbocycles. The average Bonchev–Trinajstić information content (AvgIpc) is 2.57. The molecule has 0 amide bonds. The Morgan fingerprint density at radius 2 is 2.12 bits per heavy atom. The Kier molecular flexibility index (Phi) is 4.82. The van der Waals surface area contributed by atoms with E-state index in [-0.39, 0.29) is 25.8 Å². The fourth-order valence-electron chi connectivity index (χ4n) is 0.954. The van der Waals surface area contributed by atoms with Gasteiger partial charge in [-0.05, 0) is 0 Å². The van der Waals surface area contributed by atoms with E-state index in [0.29, 0.717) is 10.9 Å². The molecule has 1 heterocycles. The van der Waals surface area contributed by atoms with E-state index in [1.54, 1.807) is 0 Å². The van der Waals surface area contributed by atoms with Crippen molar-refractivity contribution in [2.75, 3.05) is 12.8 Å². The Morgan fingerprint density at radius 1 is 1.56 bits per heavy atom. The third-order valence-electron chi connectivity index (χ3n) is 1.83. The molecule has 1 atom stereocenters. The van der Waals surface area contributed by atoms with Crippen LogP contribution in [-0.2, 0) is 4.79 Å². The van der Waals surface area contributed by atoms with Crippen molar-refractivity contribution < 1.29 is 19.8 Å². The average molecular weight is 260 g/mol. The summed E-state index contributed by atoms with van der Waals surface area (Å²) >= 11 is 0. The summed E-state index contributed by atoms with van der Waals surface area (Å²) in [7, 11) is 0.418. The molecule has 1 rings (SSSR count). The Bertz CT molecular complexity index is 404. The van der Waals surface area contributed by atoms with E-state index in [0.717, 1.165) is 7.72 Å². The second kappa shape index (κ2) is 5.91. The Morgan fingerprint density at radius 3 is 2.62 bits per heavy atom. The molecule has 0 aliphatic rings. The third-order valence-corrected chi connectivity index (χ3v) is 4.88. The van der Waals surface area contributed by atoms with E-state index in [1.807, 2.05) is 6.66 Å². The Balaban J connectivity index is 2.50. The first-order chi connectivity index (χ1) is 7.54. The SMILES string of the molecule is C#[P+]P(C)CCC(=O)On1c(O)ccc1O. The zero-order chi connectivity index (χ0) is 12.1. The van der Waals surface area contributed by atoms with Gasteiger partial charge in [0, 0.05) is 0 Å². The molecule has 0 radical (unpaired) electrons. The first-order valence-corrected chi connectivity index (χ1v) is 8.11. The molecule has 0 aromatic carbocycles. The van der Waals surface area contributed by atoms with Crippen LogP contribution < -0.4 is 4.84 Å². The number of nitrogens with zero attached hydrogens (tertiary/aromatic N) is 1. The van der Waals surface area contributed by atoms with Crippen LogP contribution in [0.5, 0.6) is 11.8 Å². The van der Waals surface area contributed by atoms with Crippen molar-refractivity contribution in [3.05, 3.63) is 12.1 Å². The van der Waals surface area contributed by atoms with Crippen LogP contribution in [0.3, 0.4) is 0 Å². The van der Waals surface area contributed by atoms with Crippen LogP contribution in [0.1, 0.15) is 6.42 Å². The summed E-state index contributed by atoms with van der Waals surface area (Å²) in [5.74, 6) is -1.15. The van der Waals surface area contributed by atoms with E-state index in [9.17, 15) is 15.0 Å². The molecule has 0 saturated heterocycles. The fraction of sp³-hybridized carbons (Fsp3) is 0.333. The zero-order valence-electron chi connectivity index (χ0n) is 8.70. The van der Waals surface area contributed by atoms with Crippen molar-refractivity contribution in [1.29, 1.82) is 0 Å². The standard InChI is InChI=1S/C9H11NO4P2/c1-15-16(2)6-5-9(13)14-10-7(11)3-4-8(10)12/h1,3-4H,5-6H2,2H3,(H-,11,12)/p+1. The van der Waals surface area contributed by atoms with E-state index in [2.05, 4.69) is 0 Å². The molecule has 16 heavy (non-hydrogen) atoms. The Labute approximate surface area is 95.7 Å². The number of hydrogen-bond acceptors (Lipinski definition) is 4. The van der Waals surface area contributed by atoms with Gasteiger partial charge in [0.25, 0.3) is 0 Å². The summed E-state index contributed by atoms with van der Waals surface area (Å²) in [5, 5.41) is 18.4. The monoisotopic (exact) mass is 260 g/mol. The minimum absolute atomic E-state index is 0.212. The molecular formula is C9H12NO4P2+. The summed E-state index contributed by atoms with van der Waals surface area (Å²) in [4.78, 5) is 16.1. The van der Waals surface area contributed by atoms with Gasteiger partial charge in [-0.1, -0.05) is 0 Å². The predicted octanol–water partition coefficient (Wildman–Crippen LogP) is 1.81. The zero-order valence-corrected chi connectivity index (χ0v) is 10.5. The van der Waals surface area contributed by atoms with Crippen LogP contribution in [0.4, 0.5) is 0 Å². The van der Waals surface area contributed by atoms with Gasteiger partial charge in [0.2, 0.25) is 0 Å². The van der Waals surface area contributed by atoms with Crippen molar-refractivity contribution in [2.24, 2.45) is 0 Å². The minimum atomic E-state index is -0.514. The summed E-state index contributed by atoms with van der Waals surface area (Å²) in [5.41, 5.74) is 0. The molecule has 0 spiro atoms. The molecule has 0 fully saturated rings. The van der Waals surface area contributed by atoms with Gasteiger partial charge in [-0.25, -0.2) is 0 Å². The molecule has 0 aliphatic heterocycles. The molecule has 0 saturated carbocycles. The van der Waals surface area contributed by atoms with Crippen LogP contribution in [-0.4, -0.2) is 33.7 Å². The van der Waals surface area contributed by atoms with Crippen LogP contribution in [0, 0.1) is 6.13 Å². The van der Waals surface area contributed by atoms with E-state index in [1.165, 1.54) is 12.1 Å². The van der Waals surface area contributed by atoms with Crippen molar-refractivity contribution in [2.45, 2.75) is 6.42 Å². The molecule has 2 N–H and O–H groups in total. The fourth-order valence-corrected chi connectivity index (χ4v) is 2.22. The van der Waals surface area contributed by atoms with E-state index < -0.39 is 5.97 Å². The first-order valence-electron chi connectivity index (χ1n) is 4.47.